The molecule has 0 aliphatic heterocycles. The molecule has 5 nitrogen and oxygen atoms in total. The van der Waals surface area contributed by atoms with E-state index in [2.05, 4.69) is 5.32 Å². The van der Waals surface area contributed by atoms with Gasteiger partial charge in [-0.15, -0.1) is 0 Å². The molecule has 0 radical (unpaired) electrons. The van der Waals surface area contributed by atoms with Gasteiger partial charge in [-0.25, -0.2) is 0 Å². The molecule has 0 aromatic carbocycles. The third kappa shape index (κ3) is 6.88. The highest BCUT2D eigenvalue weighted by atomic mass is 32.2. The van der Waals surface area contributed by atoms with Crippen LogP contribution in [0.1, 0.15) is 6.92 Å². The predicted octanol–water partition coefficient (Wildman–Crippen LogP) is -0.241. The third-order valence-electron chi connectivity index (χ3n) is 1.55. The Labute approximate surface area is 87.9 Å². The molecule has 0 saturated heterocycles. The summed E-state index contributed by atoms with van der Waals surface area (Å²) < 4.78 is 0. The Bertz CT molecular complexity index is 189. The summed E-state index contributed by atoms with van der Waals surface area (Å²) in [5.74, 6) is 0.262. The van der Waals surface area contributed by atoms with Crippen LogP contribution in [0.5, 0.6) is 0 Å². The Balaban J connectivity index is 3.43. The minimum Gasteiger partial charge on any atom is -0.480 e. The molecule has 0 aromatic rings. The molecule has 2 atom stereocenters. The lowest BCUT2D eigenvalue weighted by molar-refractivity contribution is -0.137. The average molecular weight is 219 g/mol. The Morgan fingerprint density at radius 2 is 2.36 bits per heavy atom. The van der Waals surface area contributed by atoms with Crippen LogP contribution in [0, 0.1) is 5.41 Å². The molecular weight excluding hydrogens is 202 g/mol. The number of carbonyl (C=O) groups is 1. The first-order valence-electron chi connectivity index (χ1n) is 4.36. The first-order chi connectivity index (χ1) is 6.57. The van der Waals surface area contributed by atoms with Crippen molar-refractivity contribution in [3.63, 3.8) is 0 Å². The van der Waals surface area contributed by atoms with E-state index in [0.717, 1.165) is 5.75 Å². The Morgan fingerprint density at radius 1 is 1.71 bits per heavy atom. The number of carboxylic acids is 1. The highest BCUT2D eigenvalue weighted by molar-refractivity contribution is 7.99. The van der Waals surface area contributed by atoms with Crippen LogP contribution in [0.15, 0.2) is 0 Å². The van der Waals surface area contributed by atoms with Crippen LogP contribution in [0.3, 0.4) is 0 Å². The highest BCUT2D eigenvalue weighted by Crippen LogP contribution is 2.04. The summed E-state index contributed by atoms with van der Waals surface area (Å²) in [5, 5.41) is 18.4. The molecular formula is C8H17N3O2S. The molecule has 0 bridgehead atoms. The fourth-order valence-corrected chi connectivity index (χ4v) is 1.77. The topological polar surface area (TPSA) is 99.2 Å². The minimum absolute atomic E-state index is 0.266. The molecule has 5 N–H and O–H groups in total. The number of rotatable bonds is 8. The van der Waals surface area contributed by atoms with Crippen LogP contribution >= 0.6 is 11.8 Å². The fourth-order valence-electron chi connectivity index (χ4n) is 0.762. The lowest BCUT2D eigenvalue weighted by Crippen LogP contribution is -2.34. The zero-order chi connectivity index (χ0) is 11.0. The Kier molecular flexibility index (Phi) is 7.45. The van der Waals surface area contributed by atoms with Gasteiger partial charge in [-0.2, -0.15) is 11.8 Å². The van der Waals surface area contributed by atoms with E-state index in [1.807, 2.05) is 6.92 Å². The Morgan fingerprint density at radius 3 is 2.86 bits per heavy atom. The smallest absolute Gasteiger partial charge is 0.321 e. The van der Waals surface area contributed by atoms with E-state index in [1.165, 1.54) is 18.0 Å². The maximum atomic E-state index is 10.4. The average Bonchev–Trinajstić information content (AvgIpc) is 2.14. The number of hydrogen-bond acceptors (Lipinski definition) is 5. The van der Waals surface area contributed by atoms with Gasteiger partial charge in [-0.3, -0.25) is 4.79 Å². The number of hydrogen-bond donors (Lipinski definition) is 4. The van der Waals surface area contributed by atoms with Gasteiger partial charge in [0.05, 0.1) is 0 Å². The summed E-state index contributed by atoms with van der Waals surface area (Å²) in [6.07, 6.45) is 1.30. The standard InChI is InChI=1S/C8H17N3O2S/c1-6(11-3-2-9)4-14-5-7(10)8(12)13/h2,6-7,9,11H,3-5,10H2,1H3,(H,12,13)/t6?,7-/m1/s1. The van der Waals surface area contributed by atoms with E-state index in [0.29, 0.717) is 12.3 Å². The van der Waals surface area contributed by atoms with Crippen LogP contribution in [0.4, 0.5) is 0 Å². The molecule has 0 fully saturated rings. The first-order valence-corrected chi connectivity index (χ1v) is 5.51. The van der Waals surface area contributed by atoms with Crippen LogP contribution in [-0.2, 0) is 4.79 Å². The van der Waals surface area contributed by atoms with Gasteiger partial charge in [0.25, 0.3) is 0 Å². The van der Waals surface area contributed by atoms with Crippen molar-refractivity contribution >= 4 is 23.9 Å². The summed E-state index contributed by atoms with van der Waals surface area (Å²) in [6.45, 7) is 2.54. The fraction of sp³-hybridized carbons (Fsp3) is 0.750. The van der Waals surface area contributed by atoms with E-state index in [1.54, 1.807) is 0 Å². The van der Waals surface area contributed by atoms with Crippen molar-refractivity contribution in [1.82, 2.24) is 5.32 Å². The number of nitrogens with one attached hydrogen (secondary N) is 2. The number of nitrogens with two attached hydrogens (primary N) is 1. The number of carboxylic acid groups (broad SMARTS) is 1. The van der Waals surface area contributed by atoms with Gasteiger partial charge in [0.1, 0.15) is 6.04 Å². The van der Waals surface area contributed by atoms with Gasteiger partial charge in [0.2, 0.25) is 0 Å². The maximum absolute atomic E-state index is 10.4. The van der Waals surface area contributed by atoms with Gasteiger partial charge in [-0.05, 0) is 6.92 Å². The summed E-state index contributed by atoms with van der Waals surface area (Å²) in [4.78, 5) is 10.4. The van der Waals surface area contributed by atoms with Crippen LogP contribution in [0.2, 0.25) is 0 Å². The van der Waals surface area contributed by atoms with Crippen molar-refractivity contribution in [2.75, 3.05) is 18.1 Å². The van der Waals surface area contributed by atoms with E-state index in [-0.39, 0.29) is 6.04 Å². The van der Waals surface area contributed by atoms with E-state index in [4.69, 9.17) is 16.2 Å². The second-order valence-corrected chi connectivity index (χ2v) is 4.07. The predicted molar refractivity (Wildman–Crippen MR) is 59.2 cm³/mol. The molecule has 14 heavy (non-hydrogen) atoms. The SMILES string of the molecule is CC(CSC[C@@H](N)C(=O)O)NCC=N. The van der Waals surface area contributed by atoms with Gasteiger partial charge >= 0.3 is 5.97 Å². The maximum Gasteiger partial charge on any atom is 0.321 e. The quantitative estimate of drug-likeness (QED) is 0.422. The molecule has 0 saturated carbocycles. The van der Waals surface area contributed by atoms with Gasteiger partial charge < -0.3 is 21.6 Å². The first kappa shape index (κ1) is 13.4. The monoisotopic (exact) mass is 219 g/mol. The molecule has 0 amide bonds. The van der Waals surface area contributed by atoms with Gasteiger partial charge in [-0.1, -0.05) is 0 Å². The summed E-state index contributed by atoms with van der Waals surface area (Å²) >= 11 is 1.50. The molecule has 0 spiro atoms. The molecule has 82 valence electrons. The zero-order valence-corrected chi connectivity index (χ0v) is 9.01. The molecule has 0 heterocycles. The summed E-state index contributed by atoms with van der Waals surface area (Å²) in [5.41, 5.74) is 5.33. The van der Waals surface area contributed by atoms with E-state index in [9.17, 15) is 4.79 Å². The van der Waals surface area contributed by atoms with E-state index >= 15 is 0 Å². The number of thioether (sulfide) groups is 1. The van der Waals surface area contributed by atoms with E-state index < -0.39 is 12.0 Å². The lowest BCUT2D eigenvalue weighted by atomic mass is 10.4. The highest BCUT2D eigenvalue weighted by Gasteiger charge is 2.11. The van der Waals surface area contributed by atoms with Crippen molar-refractivity contribution in [2.45, 2.75) is 19.0 Å². The van der Waals surface area contributed by atoms with Crippen LogP contribution in [-0.4, -0.2) is 47.4 Å². The van der Waals surface area contributed by atoms with Crippen LogP contribution in [0.25, 0.3) is 0 Å². The van der Waals surface area contributed by atoms with Crippen molar-refractivity contribution in [1.29, 1.82) is 5.41 Å². The van der Waals surface area contributed by atoms with Gasteiger partial charge in [0, 0.05) is 30.3 Å². The second kappa shape index (κ2) is 7.78. The third-order valence-corrected chi connectivity index (χ3v) is 2.88. The molecule has 1 unspecified atom stereocenters. The van der Waals surface area contributed by atoms with Crippen LogP contribution < -0.4 is 11.1 Å². The summed E-state index contributed by atoms with van der Waals surface area (Å²) in [7, 11) is 0. The van der Waals surface area contributed by atoms with Crippen molar-refractivity contribution in [3.8, 4) is 0 Å². The second-order valence-electron chi connectivity index (χ2n) is 3.00. The summed E-state index contributed by atoms with van der Waals surface area (Å²) in [6, 6.07) is -0.516. The molecule has 0 rings (SSSR count). The lowest BCUT2D eigenvalue weighted by Gasteiger charge is -2.12. The van der Waals surface area contributed by atoms with Gasteiger partial charge in [0.15, 0.2) is 0 Å². The zero-order valence-electron chi connectivity index (χ0n) is 8.19. The largest absolute Gasteiger partial charge is 0.480 e. The number of aliphatic carboxylic acids is 1. The molecule has 6 heteroatoms. The molecule has 0 aromatic heterocycles. The van der Waals surface area contributed by atoms with Crippen molar-refractivity contribution in [2.24, 2.45) is 5.73 Å². The minimum atomic E-state index is -0.961. The molecule has 0 aliphatic rings. The van der Waals surface area contributed by atoms with Crippen molar-refractivity contribution < 1.29 is 9.90 Å². The Hall–Kier alpha value is -0.590. The van der Waals surface area contributed by atoms with Crippen molar-refractivity contribution in [3.05, 3.63) is 0 Å². The normalized spacial score (nSPS) is 14.7. The molecule has 0 aliphatic carbocycles.